The van der Waals surface area contributed by atoms with Crippen molar-refractivity contribution in [3.05, 3.63) is 28.7 Å². The van der Waals surface area contributed by atoms with E-state index in [1.807, 2.05) is 31.2 Å². The molecule has 0 saturated heterocycles. The Balaban J connectivity index is 2.66. The minimum atomic E-state index is -0.295. The second-order valence-corrected chi connectivity index (χ2v) is 4.04. The standard InChI is InChI=1S/C10H14BrN3O/c1-2-9(10(15)14-12)13-8-5-3-7(11)4-6-8/h3-6,9,13H,2,12H2,1H3,(H,14,15)/t9-/m1/s1. The van der Waals surface area contributed by atoms with Crippen molar-refractivity contribution in [2.45, 2.75) is 19.4 Å². The maximum absolute atomic E-state index is 11.3. The molecule has 0 unspecified atom stereocenters. The van der Waals surface area contributed by atoms with Crippen LogP contribution in [0.1, 0.15) is 13.3 Å². The predicted molar refractivity (Wildman–Crippen MR) is 64.2 cm³/mol. The lowest BCUT2D eigenvalue weighted by molar-refractivity contribution is -0.121. The van der Waals surface area contributed by atoms with E-state index in [0.29, 0.717) is 6.42 Å². The minimum absolute atomic E-state index is 0.208. The quantitative estimate of drug-likeness (QED) is 0.443. The molecule has 15 heavy (non-hydrogen) atoms. The average Bonchev–Trinajstić information content (AvgIpc) is 2.27. The number of carbonyl (C=O) groups excluding carboxylic acids is 1. The van der Waals surface area contributed by atoms with Crippen molar-refractivity contribution in [2.75, 3.05) is 5.32 Å². The molecule has 1 amide bonds. The highest BCUT2D eigenvalue weighted by molar-refractivity contribution is 9.10. The molecule has 4 nitrogen and oxygen atoms in total. The van der Waals surface area contributed by atoms with Gasteiger partial charge in [0.25, 0.3) is 5.91 Å². The van der Waals surface area contributed by atoms with Crippen LogP contribution in [-0.4, -0.2) is 11.9 Å². The fourth-order valence-electron chi connectivity index (χ4n) is 1.20. The third kappa shape index (κ3) is 3.53. The van der Waals surface area contributed by atoms with E-state index in [0.717, 1.165) is 10.2 Å². The second-order valence-electron chi connectivity index (χ2n) is 3.12. The molecule has 0 fully saturated rings. The summed E-state index contributed by atoms with van der Waals surface area (Å²) in [6, 6.07) is 7.33. The summed E-state index contributed by atoms with van der Waals surface area (Å²) in [6.07, 6.45) is 0.680. The number of hydrogen-bond acceptors (Lipinski definition) is 3. The van der Waals surface area contributed by atoms with E-state index in [2.05, 4.69) is 26.7 Å². The molecule has 0 radical (unpaired) electrons. The molecule has 1 rings (SSSR count). The van der Waals surface area contributed by atoms with Gasteiger partial charge in [0.15, 0.2) is 0 Å². The lowest BCUT2D eigenvalue weighted by Gasteiger charge is -2.16. The monoisotopic (exact) mass is 271 g/mol. The van der Waals surface area contributed by atoms with Crippen LogP contribution in [0.5, 0.6) is 0 Å². The Kier molecular flexibility index (Phi) is 4.58. The van der Waals surface area contributed by atoms with E-state index in [4.69, 9.17) is 5.84 Å². The summed E-state index contributed by atoms with van der Waals surface area (Å²) in [7, 11) is 0. The first-order valence-electron chi connectivity index (χ1n) is 4.70. The lowest BCUT2D eigenvalue weighted by Crippen LogP contribution is -2.42. The van der Waals surface area contributed by atoms with Crippen LogP contribution in [0.3, 0.4) is 0 Å². The number of anilines is 1. The summed E-state index contributed by atoms with van der Waals surface area (Å²) in [4.78, 5) is 11.3. The number of benzene rings is 1. The number of hydrazine groups is 1. The van der Waals surface area contributed by atoms with Gasteiger partial charge in [-0.2, -0.15) is 0 Å². The molecule has 1 aromatic rings. The Morgan fingerprint density at radius 2 is 2.07 bits per heavy atom. The molecule has 0 saturated carbocycles. The van der Waals surface area contributed by atoms with Gasteiger partial charge in [0.05, 0.1) is 0 Å². The van der Waals surface area contributed by atoms with Crippen LogP contribution in [0.25, 0.3) is 0 Å². The molecule has 0 bridgehead atoms. The van der Waals surface area contributed by atoms with Crippen molar-refractivity contribution in [3.8, 4) is 0 Å². The summed E-state index contributed by atoms with van der Waals surface area (Å²) in [5.74, 6) is 4.87. The van der Waals surface area contributed by atoms with Gasteiger partial charge >= 0.3 is 0 Å². The molecule has 1 atom stereocenters. The van der Waals surface area contributed by atoms with E-state index in [9.17, 15) is 4.79 Å². The minimum Gasteiger partial charge on any atom is -0.374 e. The Labute approximate surface area is 97.3 Å². The zero-order chi connectivity index (χ0) is 11.3. The molecule has 0 aromatic heterocycles. The van der Waals surface area contributed by atoms with E-state index in [1.54, 1.807) is 0 Å². The number of rotatable bonds is 4. The fourth-order valence-corrected chi connectivity index (χ4v) is 1.47. The van der Waals surface area contributed by atoms with Gasteiger partial charge in [-0.15, -0.1) is 0 Å². The van der Waals surface area contributed by atoms with Crippen molar-refractivity contribution < 1.29 is 4.79 Å². The number of halogens is 1. The molecule has 4 N–H and O–H groups in total. The molecule has 82 valence electrons. The first kappa shape index (κ1) is 12.0. The van der Waals surface area contributed by atoms with Gasteiger partial charge in [-0.05, 0) is 30.7 Å². The molecule has 1 aromatic carbocycles. The molecule has 0 heterocycles. The van der Waals surface area contributed by atoms with Gasteiger partial charge in [0.1, 0.15) is 6.04 Å². The zero-order valence-electron chi connectivity index (χ0n) is 8.46. The summed E-state index contributed by atoms with van der Waals surface area (Å²) in [5, 5.41) is 3.09. The molecule has 0 aliphatic rings. The number of nitrogens with one attached hydrogen (secondary N) is 2. The van der Waals surface area contributed by atoms with Crippen LogP contribution in [0.2, 0.25) is 0 Å². The Bertz CT molecular complexity index is 326. The van der Waals surface area contributed by atoms with E-state index >= 15 is 0 Å². The molecular formula is C10H14BrN3O. The van der Waals surface area contributed by atoms with Gasteiger partial charge in [-0.25, -0.2) is 5.84 Å². The highest BCUT2D eigenvalue weighted by atomic mass is 79.9. The van der Waals surface area contributed by atoms with Gasteiger partial charge < -0.3 is 5.32 Å². The van der Waals surface area contributed by atoms with Crippen LogP contribution in [0, 0.1) is 0 Å². The lowest BCUT2D eigenvalue weighted by atomic mass is 10.2. The second kappa shape index (κ2) is 5.72. The summed E-state index contributed by atoms with van der Waals surface area (Å²) >= 11 is 3.34. The molecule has 5 heteroatoms. The van der Waals surface area contributed by atoms with Crippen molar-refractivity contribution in [1.82, 2.24) is 5.43 Å². The number of amides is 1. The number of hydrogen-bond donors (Lipinski definition) is 3. The first-order valence-corrected chi connectivity index (χ1v) is 5.49. The van der Waals surface area contributed by atoms with Crippen LogP contribution in [0.4, 0.5) is 5.69 Å². The Hall–Kier alpha value is -1.07. The van der Waals surface area contributed by atoms with Gasteiger partial charge in [-0.1, -0.05) is 22.9 Å². The van der Waals surface area contributed by atoms with Gasteiger partial charge in [0, 0.05) is 10.2 Å². The average molecular weight is 272 g/mol. The normalized spacial score (nSPS) is 11.9. The van der Waals surface area contributed by atoms with Crippen molar-refractivity contribution in [1.29, 1.82) is 0 Å². The van der Waals surface area contributed by atoms with Crippen molar-refractivity contribution in [3.63, 3.8) is 0 Å². The molecule has 0 aliphatic heterocycles. The van der Waals surface area contributed by atoms with E-state index in [-0.39, 0.29) is 11.9 Å². The highest BCUT2D eigenvalue weighted by Crippen LogP contribution is 2.15. The summed E-state index contributed by atoms with van der Waals surface area (Å²) < 4.78 is 1.00. The van der Waals surface area contributed by atoms with Crippen LogP contribution < -0.4 is 16.6 Å². The molecule has 0 spiro atoms. The van der Waals surface area contributed by atoms with Crippen LogP contribution >= 0.6 is 15.9 Å². The summed E-state index contributed by atoms with van der Waals surface area (Å²) in [6.45, 7) is 1.92. The van der Waals surface area contributed by atoms with E-state index < -0.39 is 0 Å². The Morgan fingerprint density at radius 1 is 1.47 bits per heavy atom. The molecular weight excluding hydrogens is 258 g/mol. The van der Waals surface area contributed by atoms with Gasteiger partial charge in [0.2, 0.25) is 0 Å². The largest absolute Gasteiger partial charge is 0.374 e. The third-order valence-corrected chi connectivity index (χ3v) is 2.58. The third-order valence-electron chi connectivity index (χ3n) is 2.05. The smallest absolute Gasteiger partial charge is 0.256 e. The van der Waals surface area contributed by atoms with Crippen molar-refractivity contribution >= 4 is 27.5 Å². The van der Waals surface area contributed by atoms with Crippen molar-refractivity contribution in [2.24, 2.45) is 5.84 Å². The first-order chi connectivity index (χ1) is 7.17. The Morgan fingerprint density at radius 3 is 2.53 bits per heavy atom. The fraction of sp³-hybridized carbons (Fsp3) is 0.300. The SMILES string of the molecule is CC[C@@H](Nc1ccc(Br)cc1)C(=O)NN. The highest BCUT2D eigenvalue weighted by Gasteiger charge is 2.14. The van der Waals surface area contributed by atoms with E-state index in [1.165, 1.54) is 0 Å². The number of carbonyl (C=O) groups is 1. The predicted octanol–water partition coefficient (Wildman–Crippen LogP) is 1.63. The maximum Gasteiger partial charge on any atom is 0.256 e. The van der Waals surface area contributed by atoms with Gasteiger partial charge in [-0.3, -0.25) is 10.2 Å². The molecule has 0 aliphatic carbocycles. The van der Waals surface area contributed by atoms with Crippen LogP contribution in [-0.2, 0) is 4.79 Å². The maximum atomic E-state index is 11.3. The number of nitrogens with two attached hydrogens (primary N) is 1. The zero-order valence-corrected chi connectivity index (χ0v) is 10.0. The summed E-state index contributed by atoms with van der Waals surface area (Å²) in [5.41, 5.74) is 3.03. The topological polar surface area (TPSA) is 67.2 Å². The van der Waals surface area contributed by atoms with Crippen LogP contribution in [0.15, 0.2) is 28.7 Å².